The van der Waals surface area contributed by atoms with Gasteiger partial charge in [0.2, 0.25) is 0 Å². The van der Waals surface area contributed by atoms with Crippen LogP contribution in [0.2, 0.25) is 0 Å². The Kier molecular flexibility index (Phi) is 4.25. The molecule has 0 fully saturated rings. The van der Waals surface area contributed by atoms with E-state index < -0.39 is 0 Å². The number of Topliss-reactive ketones (excluding diaryl/α,β-unsaturated/α-hetero) is 1. The van der Waals surface area contributed by atoms with Crippen molar-refractivity contribution in [1.82, 2.24) is 0 Å². The molecule has 0 amide bonds. The van der Waals surface area contributed by atoms with Crippen LogP contribution in [0.3, 0.4) is 0 Å². The van der Waals surface area contributed by atoms with Crippen LogP contribution in [0, 0.1) is 0 Å². The molecule has 2 rings (SSSR count). The van der Waals surface area contributed by atoms with E-state index in [9.17, 15) is 4.79 Å². The summed E-state index contributed by atoms with van der Waals surface area (Å²) in [6, 6.07) is 12.5. The van der Waals surface area contributed by atoms with Crippen LogP contribution in [0.5, 0.6) is 11.5 Å². The number of hydrogen-bond acceptors (Lipinski definition) is 4. The van der Waals surface area contributed by atoms with Crippen LogP contribution in [0.15, 0.2) is 42.5 Å². The summed E-state index contributed by atoms with van der Waals surface area (Å²) in [6.45, 7) is 0. The third kappa shape index (κ3) is 3.09. The van der Waals surface area contributed by atoms with E-state index in [4.69, 9.17) is 15.2 Å². The normalized spacial score (nSPS) is 10.1. The number of methoxy groups -OCH3 is 2. The minimum absolute atomic E-state index is 0.0466. The lowest BCUT2D eigenvalue weighted by molar-refractivity contribution is 0.0993. The summed E-state index contributed by atoms with van der Waals surface area (Å²) in [5.74, 6) is 1.30. The van der Waals surface area contributed by atoms with E-state index in [1.807, 2.05) is 24.3 Å². The Hall–Kier alpha value is -2.49. The molecule has 4 nitrogen and oxygen atoms in total. The molecule has 0 radical (unpaired) electrons. The standard InChI is InChI=1S/C16H17NO3/c1-19-12-5-3-4-11(8-12)9-16(18)14-10-13(20-2)6-7-15(14)17/h3-8,10H,9,17H2,1-2H3. The number of anilines is 1. The second kappa shape index (κ2) is 6.10. The molecule has 20 heavy (non-hydrogen) atoms. The quantitative estimate of drug-likeness (QED) is 0.671. The van der Waals surface area contributed by atoms with Crippen molar-refractivity contribution in [2.45, 2.75) is 6.42 Å². The van der Waals surface area contributed by atoms with E-state index in [1.165, 1.54) is 0 Å². The van der Waals surface area contributed by atoms with E-state index in [0.29, 0.717) is 17.0 Å². The fourth-order valence-electron chi connectivity index (χ4n) is 1.97. The summed E-state index contributed by atoms with van der Waals surface area (Å²) >= 11 is 0. The second-order valence-electron chi connectivity index (χ2n) is 4.40. The fraction of sp³-hybridized carbons (Fsp3) is 0.188. The Morgan fingerprint density at radius 1 is 1.05 bits per heavy atom. The van der Waals surface area contributed by atoms with Crippen molar-refractivity contribution in [3.63, 3.8) is 0 Å². The molecule has 0 heterocycles. The highest BCUT2D eigenvalue weighted by molar-refractivity contribution is 6.02. The number of carbonyl (C=O) groups is 1. The van der Waals surface area contributed by atoms with Crippen molar-refractivity contribution in [3.05, 3.63) is 53.6 Å². The predicted molar refractivity (Wildman–Crippen MR) is 78.4 cm³/mol. The summed E-state index contributed by atoms with van der Waals surface area (Å²) in [5, 5.41) is 0. The predicted octanol–water partition coefficient (Wildman–Crippen LogP) is 2.71. The number of carbonyl (C=O) groups excluding carboxylic acids is 1. The van der Waals surface area contributed by atoms with Crippen molar-refractivity contribution in [2.75, 3.05) is 20.0 Å². The van der Waals surface area contributed by atoms with Crippen molar-refractivity contribution in [3.8, 4) is 11.5 Å². The Morgan fingerprint density at radius 3 is 2.45 bits per heavy atom. The van der Waals surface area contributed by atoms with Gasteiger partial charge < -0.3 is 15.2 Å². The van der Waals surface area contributed by atoms with Crippen molar-refractivity contribution in [1.29, 1.82) is 0 Å². The first kappa shape index (κ1) is 13.9. The van der Waals surface area contributed by atoms with Gasteiger partial charge in [-0.2, -0.15) is 0 Å². The Morgan fingerprint density at radius 2 is 1.75 bits per heavy atom. The van der Waals surface area contributed by atoms with Gasteiger partial charge in [-0.3, -0.25) is 4.79 Å². The Balaban J connectivity index is 2.23. The topological polar surface area (TPSA) is 61.5 Å². The summed E-state index contributed by atoms with van der Waals surface area (Å²) in [4.78, 5) is 12.3. The molecule has 0 aliphatic heterocycles. The van der Waals surface area contributed by atoms with Crippen LogP contribution in [0.25, 0.3) is 0 Å². The number of ketones is 1. The molecular weight excluding hydrogens is 254 g/mol. The minimum Gasteiger partial charge on any atom is -0.497 e. The molecule has 0 bridgehead atoms. The second-order valence-corrected chi connectivity index (χ2v) is 4.40. The van der Waals surface area contributed by atoms with Crippen LogP contribution in [0.4, 0.5) is 5.69 Å². The zero-order chi connectivity index (χ0) is 14.5. The smallest absolute Gasteiger partial charge is 0.169 e. The van der Waals surface area contributed by atoms with Gasteiger partial charge in [0.05, 0.1) is 14.2 Å². The van der Waals surface area contributed by atoms with Crippen molar-refractivity contribution >= 4 is 11.5 Å². The SMILES string of the molecule is COc1cccc(CC(=O)c2cc(OC)ccc2N)c1. The first-order valence-corrected chi connectivity index (χ1v) is 6.23. The Bertz CT molecular complexity index is 623. The molecule has 0 saturated heterocycles. The molecule has 0 unspecified atom stereocenters. The maximum absolute atomic E-state index is 12.3. The summed E-state index contributed by atoms with van der Waals surface area (Å²) in [6.07, 6.45) is 0.272. The van der Waals surface area contributed by atoms with Crippen LogP contribution < -0.4 is 15.2 Å². The average molecular weight is 271 g/mol. The van der Waals surface area contributed by atoms with E-state index in [2.05, 4.69) is 0 Å². The molecule has 0 atom stereocenters. The summed E-state index contributed by atoms with van der Waals surface area (Å²) in [5.41, 5.74) is 7.68. The van der Waals surface area contributed by atoms with Crippen molar-refractivity contribution < 1.29 is 14.3 Å². The highest BCUT2D eigenvalue weighted by Gasteiger charge is 2.12. The van der Waals surface area contributed by atoms with Gasteiger partial charge in [0.1, 0.15) is 11.5 Å². The lowest BCUT2D eigenvalue weighted by Gasteiger charge is -2.08. The van der Waals surface area contributed by atoms with Crippen LogP contribution >= 0.6 is 0 Å². The van der Waals surface area contributed by atoms with Crippen LogP contribution in [-0.2, 0) is 6.42 Å². The average Bonchev–Trinajstić information content (AvgIpc) is 2.47. The maximum Gasteiger partial charge on any atom is 0.169 e. The zero-order valence-corrected chi connectivity index (χ0v) is 11.6. The van der Waals surface area contributed by atoms with Gasteiger partial charge in [0, 0.05) is 17.7 Å². The maximum atomic E-state index is 12.3. The number of rotatable bonds is 5. The van der Waals surface area contributed by atoms with Crippen LogP contribution in [0.1, 0.15) is 15.9 Å². The largest absolute Gasteiger partial charge is 0.497 e. The molecule has 0 aliphatic rings. The molecule has 104 valence electrons. The Labute approximate surface area is 118 Å². The molecule has 2 aromatic rings. The van der Waals surface area contributed by atoms with Gasteiger partial charge in [-0.1, -0.05) is 12.1 Å². The third-order valence-corrected chi connectivity index (χ3v) is 3.06. The molecule has 2 N–H and O–H groups in total. The molecular formula is C16H17NO3. The molecule has 4 heteroatoms. The van der Waals surface area contributed by atoms with Gasteiger partial charge >= 0.3 is 0 Å². The van der Waals surface area contributed by atoms with Crippen LogP contribution in [-0.4, -0.2) is 20.0 Å². The number of nitrogens with two attached hydrogens (primary N) is 1. The number of benzene rings is 2. The van der Waals surface area contributed by atoms with Gasteiger partial charge in [-0.25, -0.2) is 0 Å². The van der Waals surface area contributed by atoms with E-state index in [0.717, 1.165) is 11.3 Å². The summed E-state index contributed by atoms with van der Waals surface area (Å²) in [7, 11) is 3.16. The molecule has 2 aromatic carbocycles. The molecule has 0 spiro atoms. The van der Waals surface area contributed by atoms with Gasteiger partial charge in [-0.15, -0.1) is 0 Å². The van der Waals surface area contributed by atoms with Gasteiger partial charge in [-0.05, 0) is 35.9 Å². The molecule has 0 saturated carbocycles. The first-order valence-electron chi connectivity index (χ1n) is 6.23. The lowest BCUT2D eigenvalue weighted by Crippen LogP contribution is -2.07. The van der Waals surface area contributed by atoms with Crippen molar-refractivity contribution in [2.24, 2.45) is 0 Å². The monoisotopic (exact) mass is 271 g/mol. The van der Waals surface area contributed by atoms with E-state index in [1.54, 1.807) is 32.4 Å². The minimum atomic E-state index is -0.0466. The van der Waals surface area contributed by atoms with Gasteiger partial charge in [0.15, 0.2) is 5.78 Å². The lowest BCUT2D eigenvalue weighted by atomic mass is 10.0. The number of ether oxygens (including phenoxy) is 2. The molecule has 0 aromatic heterocycles. The highest BCUT2D eigenvalue weighted by Crippen LogP contribution is 2.22. The zero-order valence-electron chi connectivity index (χ0n) is 11.6. The highest BCUT2D eigenvalue weighted by atomic mass is 16.5. The third-order valence-electron chi connectivity index (χ3n) is 3.06. The van der Waals surface area contributed by atoms with Gasteiger partial charge in [0.25, 0.3) is 0 Å². The first-order chi connectivity index (χ1) is 9.63. The van der Waals surface area contributed by atoms with E-state index in [-0.39, 0.29) is 12.2 Å². The van der Waals surface area contributed by atoms with E-state index >= 15 is 0 Å². The number of hydrogen-bond donors (Lipinski definition) is 1. The molecule has 0 aliphatic carbocycles. The fourth-order valence-corrected chi connectivity index (χ4v) is 1.97. The number of nitrogen functional groups attached to an aromatic ring is 1. The summed E-state index contributed by atoms with van der Waals surface area (Å²) < 4.78 is 10.3.